The zero-order valence-corrected chi connectivity index (χ0v) is 11.5. The van der Waals surface area contributed by atoms with Gasteiger partial charge in [-0.3, -0.25) is 4.90 Å². The zero-order valence-electron chi connectivity index (χ0n) is 11.5. The first-order chi connectivity index (χ1) is 9.08. The third-order valence-electron chi connectivity index (χ3n) is 5.54. The maximum Gasteiger partial charge on any atom is 0.251 e. The maximum atomic E-state index is 12.6. The lowest BCUT2D eigenvalue weighted by Gasteiger charge is -2.58. The first kappa shape index (κ1) is 13.7. The topological polar surface area (TPSA) is 23.5 Å². The molecule has 19 heavy (non-hydrogen) atoms. The Morgan fingerprint density at radius 3 is 2.00 bits per heavy atom. The Bertz CT molecular complexity index is 286. The SMILES string of the molecule is OCCN(CC(F)F)CC12CC3CC(CC(C3)C1)C2. The summed E-state index contributed by atoms with van der Waals surface area (Å²) >= 11 is 0. The van der Waals surface area contributed by atoms with E-state index in [9.17, 15) is 8.78 Å². The fraction of sp³-hybridized carbons (Fsp3) is 1.00. The third-order valence-corrected chi connectivity index (χ3v) is 5.54. The molecule has 0 atom stereocenters. The number of aliphatic hydroxyl groups is 1. The highest BCUT2D eigenvalue weighted by molar-refractivity contribution is 5.02. The third kappa shape index (κ3) is 2.94. The molecule has 0 amide bonds. The first-order valence-corrected chi connectivity index (χ1v) is 7.70. The minimum absolute atomic E-state index is 0.0148. The summed E-state index contributed by atoms with van der Waals surface area (Å²) in [6, 6.07) is 0. The normalized spacial score (nSPS) is 40.6. The fourth-order valence-corrected chi connectivity index (χ4v) is 5.53. The highest BCUT2D eigenvalue weighted by atomic mass is 19.3. The van der Waals surface area contributed by atoms with E-state index in [4.69, 9.17) is 5.11 Å². The Kier molecular flexibility index (Phi) is 3.82. The van der Waals surface area contributed by atoms with Gasteiger partial charge in [0.05, 0.1) is 13.2 Å². The quantitative estimate of drug-likeness (QED) is 0.804. The van der Waals surface area contributed by atoms with Crippen LogP contribution in [0.1, 0.15) is 38.5 Å². The number of hydrogen-bond donors (Lipinski definition) is 1. The second kappa shape index (κ2) is 5.28. The molecule has 1 N–H and O–H groups in total. The van der Waals surface area contributed by atoms with Gasteiger partial charge >= 0.3 is 0 Å². The fourth-order valence-electron chi connectivity index (χ4n) is 5.53. The van der Waals surface area contributed by atoms with Crippen molar-refractivity contribution in [2.45, 2.75) is 45.0 Å². The Hall–Kier alpha value is -0.220. The van der Waals surface area contributed by atoms with Crippen LogP contribution >= 0.6 is 0 Å². The lowest BCUT2D eigenvalue weighted by molar-refractivity contribution is -0.0755. The summed E-state index contributed by atoms with van der Waals surface area (Å²) < 4.78 is 25.3. The molecule has 4 bridgehead atoms. The van der Waals surface area contributed by atoms with Crippen molar-refractivity contribution in [1.29, 1.82) is 0 Å². The Balaban J connectivity index is 1.66. The molecule has 0 aliphatic heterocycles. The van der Waals surface area contributed by atoms with Crippen LogP contribution in [0.5, 0.6) is 0 Å². The van der Waals surface area contributed by atoms with Crippen LogP contribution in [-0.4, -0.2) is 42.7 Å². The lowest BCUT2D eigenvalue weighted by Crippen LogP contribution is -2.52. The first-order valence-electron chi connectivity index (χ1n) is 7.70. The van der Waals surface area contributed by atoms with Gasteiger partial charge in [-0.15, -0.1) is 0 Å². The summed E-state index contributed by atoms with van der Waals surface area (Å²) in [6.45, 7) is 0.981. The minimum atomic E-state index is -2.29. The van der Waals surface area contributed by atoms with Gasteiger partial charge in [0.15, 0.2) is 0 Å². The van der Waals surface area contributed by atoms with E-state index in [2.05, 4.69) is 0 Å². The highest BCUT2D eigenvalue weighted by Crippen LogP contribution is 2.60. The van der Waals surface area contributed by atoms with Gasteiger partial charge in [-0.05, 0) is 61.7 Å². The van der Waals surface area contributed by atoms with Crippen LogP contribution in [0.25, 0.3) is 0 Å². The molecule has 0 aromatic carbocycles. The van der Waals surface area contributed by atoms with Crippen molar-refractivity contribution in [2.75, 3.05) is 26.2 Å². The van der Waals surface area contributed by atoms with E-state index >= 15 is 0 Å². The number of nitrogens with zero attached hydrogens (tertiary/aromatic N) is 1. The Morgan fingerprint density at radius 2 is 1.58 bits per heavy atom. The van der Waals surface area contributed by atoms with Crippen LogP contribution in [-0.2, 0) is 0 Å². The molecule has 4 aliphatic rings. The van der Waals surface area contributed by atoms with Gasteiger partial charge in [0, 0.05) is 13.1 Å². The van der Waals surface area contributed by atoms with E-state index in [1.165, 1.54) is 38.5 Å². The molecule has 4 rings (SSSR count). The van der Waals surface area contributed by atoms with Crippen LogP contribution in [0.15, 0.2) is 0 Å². The Labute approximate surface area is 114 Å². The molecule has 0 aromatic heterocycles. The molecule has 0 aromatic rings. The van der Waals surface area contributed by atoms with Crippen molar-refractivity contribution < 1.29 is 13.9 Å². The maximum absolute atomic E-state index is 12.6. The van der Waals surface area contributed by atoms with Crippen molar-refractivity contribution in [1.82, 2.24) is 4.90 Å². The number of alkyl halides is 2. The van der Waals surface area contributed by atoms with E-state index in [-0.39, 0.29) is 13.2 Å². The molecule has 4 fully saturated rings. The smallest absolute Gasteiger partial charge is 0.251 e. The summed E-state index contributed by atoms with van der Waals surface area (Å²) in [6.07, 6.45) is 5.58. The minimum Gasteiger partial charge on any atom is -0.395 e. The van der Waals surface area contributed by atoms with Crippen LogP contribution in [0, 0.1) is 23.2 Å². The van der Waals surface area contributed by atoms with Gasteiger partial charge in [-0.1, -0.05) is 0 Å². The van der Waals surface area contributed by atoms with Gasteiger partial charge in [0.2, 0.25) is 0 Å². The summed E-state index contributed by atoms with van der Waals surface area (Å²) in [5.41, 5.74) is 0.290. The second-order valence-electron chi connectivity index (χ2n) is 7.27. The predicted molar refractivity (Wildman–Crippen MR) is 70.1 cm³/mol. The van der Waals surface area contributed by atoms with Gasteiger partial charge < -0.3 is 5.11 Å². The van der Waals surface area contributed by atoms with Gasteiger partial charge in [-0.2, -0.15) is 0 Å². The van der Waals surface area contributed by atoms with Crippen LogP contribution in [0.2, 0.25) is 0 Å². The monoisotopic (exact) mass is 273 g/mol. The zero-order chi connectivity index (χ0) is 13.5. The van der Waals surface area contributed by atoms with Crippen LogP contribution in [0.3, 0.4) is 0 Å². The average molecular weight is 273 g/mol. The van der Waals surface area contributed by atoms with E-state index < -0.39 is 6.43 Å². The number of hydrogen-bond acceptors (Lipinski definition) is 2. The van der Waals surface area contributed by atoms with E-state index in [1.807, 2.05) is 0 Å². The molecule has 4 saturated carbocycles. The van der Waals surface area contributed by atoms with Gasteiger partial charge in [-0.25, -0.2) is 8.78 Å². The van der Waals surface area contributed by atoms with Crippen molar-refractivity contribution in [3.63, 3.8) is 0 Å². The molecule has 0 unspecified atom stereocenters. The van der Waals surface area contributed by atoms with Crippen molar-refractivity contribution in [2.24, 2.45) is 23.2 Å². The molecule has 0 spiro atoms. The molecular formula is C15H25F2NO. The number of aliphatic hydroxyl groups excluding tert-OH is 1. The summed E-state index contributed by atoms with van der Waals surface area (Å²) in [4.78, 5) is 1.80. The molecule has 0 saturated heterocycles. The van der Waals surface area contributed by atoms with Crippen molar-refractivity contribution >= 4 is 0 Å². The second-order valence-corrected chi connectivity index (χ2v) is 7.27. The molecule has 0 radical (unpaired) electrons. The highest BCUT2D eigenvalue weighted by Gasteiger charge is 2.51. The summed E-state index contributed by atoms with van der Waals surface area (Å²) in [5.74, 6) is 2.57. The number of halogens is 2. The Morgan fingerprint density at radius 1 is 1.05 bits per heavy atom. The van der Waals surface area contributed by atoms with Gasteiger partial charge in [0.25, 0.3) is 6.43 Å². The number of rotatable bonds is 6. The largest absolute Gasteiger partial charge is 0.395 e. The standard InChI is InChI=1S/C15H25F2NO/c16-14(17)9-18(1-2-19)10-15-6-11-3-12(7-15)5-13(4-11)8-15/h11-14,19H,1-10H2. The predicted octanol–water partition coefficient (Wildman–Crippen LogP) is 2.76. The van der Waals surface area contributed by atoms with Gasteiger partial charge in [0.1, 0.15) is 0 Å². The molecule has 4 heteroatoms. The molecular weight excluding hydrogens is 248 g/mol. The average Bonchev–Trinajstić information content (AvgIpc) is 2.25. The van der Waals surface area contributed by atoms with Crippen LogP contribution < -0.4 is 0 Å². The van der Waals surface area contributed by atoms with E-state index in [0.29, 0.717) is 12.0 Å². The van der Waals surface area contributed by atoms with Crippen molar-refractivity contribution in [3.05, 3.63) is 0 Å². The molecule has 4 aliphatic carbocycles. The van der Waals surface area contributed by atoms with Crippen molar-refractivity contribution in [3.8, 4) is 0 Å². The summed E-state index contributed by atoms with van der Waals surface area (Å²) in [5, 5.41) is 9.08. The summed E-state index contributed by atoms with van der Waals surface area (Å²) in [7, 11) is 0. The molecule has 0 heterocycles. The molecule has 110 valence electrons. The van der Waals surface area contributed by atoms with Crippen LogP contribution in [0.4, 0.5) is 8.78 Å². The van der Waals surface area contributed by atoms with E-state index in [1.54, 1.807) is 4.90 Å². The lowest BCUT2D eigenvalue weighted by atomic mass is 9.49. The van der Waals surface area contributed by atoms with E-state index in [0.717, 1.165) is 24.3 Å². The molecule has 2 nitrogen and oxygen atoms in total.